The Balaban J connectivity index is 1.53. The normalized spacial score (nSPS) is 11.1. The van der Waals surface area contributed by atoms with Gasteiger partial charge in [-0.05, 0) is 42.0 Å². The summed E-state index contributed by atoms with van der Waals surface area (Å²) in [6, 6.07) is 18.9. The second-order valence-electron chi connectivity index (χ2n) is 7.54. The van der Waals surface area contributed by atoms with Gasteiger partial charge in [-0.25, -0.2) is 9.67 Å². The van der Waals surface area contributed by atoms with Crippen molar-refractivity contribution in [3.8, 4) is 22.6 Å². The van der Waals surface area contributed by atoms with Crippen LogP contribution in [0, 0.1) is 0 Å². The van der Waals surface area contributed by atoms with Crippen LogP contribution in [0.5, 0.6) is 0 Å². The first kappa shape index (κ1) is 21.2. The van der Waals surface area contributed by atoms with Gasteiger partial charge in [-0.1, -0.05) is 52.7 Å². The van der Waals surface area contributed by atoms with Crippen molar-refractivity contribution in [3.63, 3.8) is 0 Å². The average molecular weight is 477 g/mol. The molecule has 0 atom stereocenters. The van der Waals surface area contributed by atoms with Crippen molar-refractivity contribution >= 4 is 40.4 Å². The van der Waals surface area contributed by atoms with Crippen LogP contribution in [0.1, 0.15) is 12.5 Å². The second kappa shape index (κ2) is 8.69. The van der Waals surface area contributed by atoms with E-state index in [0.29, 0.717) is 28.0 Å². The van der Waals surface area contributed by atoms with Gasteiger partial charge in [0.1, 0.15) is 17.0 Å². The Hall–Kier alpha value is -3.68. The van der Waals surface area contributed by atoms with E-state index in [2.05, 4.69) is 15.6 Å². The topological polar surface area (TPSA) is 77.1 Å². The number of fused-ring (bicyclic) bond motifs is 1. The number of imidazole rings is 1. The third kappa shape index (κ3) is 4.33. The van der Waals surface area contributed by atoms with Crippen molar-refractivity contribution in [1.29, 1.82) is 0 Å². The molecule has 0 fully saturated rings. The molecule has 3 heterocycles. The van der Waals surface area contributed by atoms with Crippen LogP contribution in [0.3, 0.4) is 0 Å². The Labute approximate surface area is 199 Å². The fourth-order valence-electron chi connectivity index (χ4n) is 3.68. The lowest BCUT2D eigenvalue weighted by atomic mass is 10.1. The van der Waals surface area contributed by atoms with Crippen LogP contribution in [0.25, 0.3) is 28.3 Å². The summed E-state index contributed by atoms with van der Waals surface area (Å²) in [6.07, 6.45) is 3.83. The van der Waals surface area contributed by atoms with E-state index < -0.39 is 0 Å². The zero-order valence-electron chi connectivity index (χ0n) is 17.5. The molecule has 0 aliphatic rings. The van der Waals surface area contributed by atoms with Gasteiger partial charge in [0.2, 0.25) is 5.91 Å². The number of benzene rings is 2. The third-order valence-corrected chi connectivity index (χ3v) is 5.70. The molecule has 0 unspecified atom stereocenters. The molecule has 0 saturated heterocycles. The molecule has 9 heteroatoms. The fourth-order valence-corrected chi connectivity index (χ4v) is 3.97. The van der Waals surface area contributed by atoms with Crippen molar-refractivity contribution in [1.82, 2.24) is 24.4 Å². The molecule has 2 aromatic carbocycles. The monoisotopic (exact) mass is 476 g/mol. The predicted octanol–water partition coefficient (Wildman–Crippen LogP) is 5.57. The molecule has 1 amide bonds. The van der Waals surface area contributed by atoms with Gasteiger partial charge < -0.3 is 5.32 Å². The summed E-state index contributed by atoms with van der Waals surface area (Å²) in [5, 5.41) is 12.6. The highest BCUT2D eigenvalue weighted by atomic mass is 35.5. The highest BCUT2D eigenvalue weighted by Crippen LogP contribution is 2.32. The van der Waals surface area contributed by atoms with E-state index in [1.165, 1.54) is 6.92 Å². The Bertz CT molecular complexity index is 1470. The zero-order valence-corrected chi connectivity index (χ0v) is 19.0. The van der Waals surface area contributed by atoms with Gasteiger partial charge in [-0.3, -0.25) is 9.20 Å². The van der Waals surface area contributed by atoms with Gasteiger partial charge in [-0.2, -0.15) is 0 Å². The zero-order chi connectivity index (χ0) is 22.9. The number of hydrogen-bond donors (Lipinski definition) is 1. The van der Waals surface area contributed by atoms with E-state index in [4.69, 9.17) is 28.2 Å². The number of nitrogens with zero attached hydrogens (tertiary/aromatic N) is 5. The molecule has 5 aromatic rings. The minimum absolute atomic E-state index is 0.181. The summed E-state index contributed by atoms with van der Waals surface area (Å²) in [6.45, 7) is 1.91. The highest BCUT2D eigenvalue weighted by Gasteiger charge is 2.18. The lowest BCUT2D eigenvalue weighted by Crippen LogP contribution is -2.07. The first-order valence-corrected chi connectivity index (χ1v) is 10.9. The number of anilines is 1. The minimum Gasteiger partial charge on any atom is -0.325 e. The molecule has 0 bridgehead atoms. The van der Waals surface area contributed by atoms with Crippen molar-refractivity contribution < 1.29 is 4.79 Å². The molecular formula is C24H18Cl2N6O. The molecule has 0 aliphatic heterocycles. The molecule has 33 heavy (non-hydrogen) atoms. The summed E-state index contributed by atoms with van der Waals surface area (Å²) in [4.78, 5) is 16.3. The van der Waals surface area contributed by atoms with Crippen LogP contribution in [-0.2, 0) is 11.3 Å². The molecular weight excluding hydrogens is 459 g/mol. The number of nitrogens with one attached hydrogen (secondary N) is 1. The lowest BCUT2D eigenvalue weighted by molar-refractivity contribution is -0.114. The van der Waals surface area contributed by atoms with E-state index in [-0.39, 0.29) is 5.91 Å². The first-order valence-electron chi connectivity index (χ1n) is 10.2. The quantitative estimate of drug-likeness (QED) is 0.359. The van der Waals surface area contributed by atoms with Gasteiger partial charge >= 0.3 is 0 Å². The van der Waals surface area contributed by atoms with E-state index in [9.17, 15) is 4.79 Å². The Morgan fingerprint density at radius 3 is 2.67 bits per heavy atom. The SMILES string of the molecule is CC(=O)Nc1cc(Cn2cc(-c3c(-c4ccc(Cl)cc4)nc4ccccn34)nn2)ccc1Cl. The third-order valence-electron chi connectivity index (χ3n) is 5.11. The largest absolute Gasteiger partial charge is 0.325 e. The van der Waals surface area contributed by atoms with Crippen LogP contribution >= 0.6 is 23.2 Å². The molecule has 0 aliphatic carbocycles. The highest BCUT2D eigenvalue weighted by molar-refractivity contribution is 6.33. The maximum Gasteiger partial charge on any atom is 0.221 e. The van der Waals surface area contributed by atoms with E-state index in [0.717, 1.165) is 28.2 Å². The summed E-state index contributed by atoms with van der Waals surface area (Å²) < 4.78 is 3.74. The van der Waals surface area contributed by atoms with Crippen LogP contribution < -0.4 is 5.32 Å². The van der Waals surface area contributed by atoms with Crippen molar-refractivity contribution in [2.45, 2.75) is 13.5 Å². The standard InChI is InChI=1S/C24H18Cl2N6O/c1-15(33)27-20-12-16(5-10-19(20)26)13-31-14-21(29-30-31)24-23(17-6-8-18(25)9-7-17)28-22-4-2-3-11-32(22)24/h2-12,14H,13H2,1H3,(H,27,33). The second-order valence-corrected chi connectivity index (χ2v) is 8.39. The van der Waals surface area contributed by atoms with E-state index in [1.807, 2.05) is 71.4 Å². The number of carbonyl (C=O) groups excluding carboxylic acids is 1. The average Bonchev–Trinajstić information content (AvgIpc) is 3.40. The van der Waals surface area contributed by atoms with Crippen LogP contribution in [0.2, 0.25) is 10.0 Å². The number of rotatable bonds is 5. The van der Waals surface area contributed by atoms with Crippen molar-refractivity contribution in [2.75, 3.05) is 5.32 Å². The van der Waals surface area contributed by atoms with Gasteiger partial charge in [0.05, 0.1) is 29.1 Å². The van der Waals surface area contributed by atoms with E-state index >= 15 is 0 Å². The first-order chi connectivity index (χ1) is 16.0. The molecule has 0 radical (unpaired) electrons. The summed E-state index contributed by atoms with van der Waals surface area (Å²) in [5.74, 6) is -0.181. The maximum absolute atomic E-state index is 11.4. The lowest BCUT2D eigenvalue weighted by Gasteiger charge is -2.08. The molecule has 0 saturated carbocycles. The number of amides is 1. The minimum atomic E-state index is -0.181. The maximum atomic E-state index is 11.4. The Kier molecular flexibility index (Phi) is 5.58. The molecule has 5 rings (SSSR count). The Morgan fingerprint density at radius 1 is 1.06 bits per heavy atom. The number of carbonyl (C=O) groups is 1. The van der Waals surface area contributed by atoms with Gasteiger partial charge in [0, 0.05) is 23.7 Å². The molecule has 164 valence electrons. The van der Waals surface area contributed by atoms with Crippen LogP contribution in [0.4, 0.5) is 5.69 Å². The molecule has 3 aromatic heterocycles. The van der Waals surface area contributed by atoms with Gasteiger partial charge in [-0.15, -0.1) is 5.10 Å². The molecule has 7 nitrogen and oxygen atoms in total. The van der Waals surface area contributed by atoms with E-state index in [1.54, 1.807) is 10.7 Å². The van der Waals surface area contributed by atoms with Gasteiger partial charge in [0.25, 0.3) is 0 Å². The number of aromatic nitrogens is 5. The number of pyridine rings is 1. The van der Waals surface area contributed by atoms with Crippen molar-refractivity contribution in [3.05, 3.63) is 88.7 Å². The predicted molar refractivity (Wildman–Crippen MR) is 130 cm³/mol. The number of halogens is 2. The Morgan fingerprint density at radius 2 is 1.88 bits per heavy atom. The van der Waals surface area contributed by atoms with Crippen LogP contribution in [0.15, 0.2) is 73.1 Å². The van der Waals surface area contributed by atoms with Crippen LogP contribution in [-0.4, -0.2) is 30.3 Å². The smallest absolute Gasteiger partial charge is 0.221 e. The molecule has 0 spiro atoms. The summed E-state index contributed by atoms with van der Waals surface area (Å²) in [7, 11) is 0. The summed E-state index contributed by atoms with van der Waals surface area (Å²) in [5.41, 5.74) is 5.56. The molecule has 1 N–H and O–H groups in total. The van der Waals surface area contributed by atoms with Crippen molar-refractivity contribution in [2.24, 2.45) is 0 Å². The van der Waals surface area contributed by atoms with Gasteiger partial charge in [0.15, 0.2) is 0 Å². The summed E-state index contributed by atoms with van der Waals surface area (Å²) >= 11 is 12.3. The fraction of sp³-hybridized carbons (Fsp3) is 0.0833. The number of hydrogen-bond acceptors (Lipinski definition) is 4.